The lowest BCUT2D eigenvalue weighted by molar-refractivity contribution is -0.386. The molecule has 0 aliphatic carbocycles. The van der Waals surface area contributed by atoms with Crippen molar-refractivity contribution < 1.29 is 17.9 Å². The Labute approximate surface area is 165 Å². The van der Waals surface area contributed by atoms with Crippen molar-refractivity contribution in [3.63, 3.8) is 0 Å². The summed E-state index contributed by atoms with van der Waals surface area (Å²) in [5, 5.41) is 14.6. The van der Waals surface area contributed by atoms with Gasteiger partial charge in [-0.2, -0.15) is 0 Å². The monoisotopic (exact) mass is 419 g/mol. The second-order valence-electron chi connectivity index (χ2n) is 6.21. The van der Waals surface area contributed by atoms with Gasteiger partial charge in [0.25, 0.3) is 10.0 Å². The third kappa shape index (κ3) is 4.29. The molecule has 8 nitrogen and oxygen atoms in total. The van der Waals surface area contributed by atoms with Crippen LogP contribution < -0.4 is 4.72 Å². The Morgan fingerprint density at radius 1 is 1.14 bits per heavy atom. The predicted molar refractivity (Wildman–Crippen MR) is 108 cm³/mol. The maximum atomic E-state index is 12.6. The molecule has 0 unspecified atom stereocenters. The molecular formula is C18H17N3O5S2. The minimum atomic E-state index is -3.74. The Morgan fingerprint density at radius 2 is 1.82 bits per heavy atom. The molecule has 0 fully saturated rings. The van der Waals surface area contributed by atoms with E-state index < -0.39 is 14.9 Å². The van der Waals surface area contributed by atoms with E-state index in [9.17, 15) is 18.5 Å². The zero-order chi connectivity index (χ0) is 20.5. The maximum Gasteiger partial charge on any atom is 0.338 e. The number of nitro groups is 1. The summed E-state index contributed by atoms with van der Waals surface area (Å²) >= 11 is 1.04. The third-order valence-corrected chi connectivity index (χ3v) is 6.70. The number of aryl methyl sites for hydroxylation is 3. The standard InChI is InChI=1S/C18H17N3O5S2/c1-11-8-12(2)10-14(9-11)20-28(24,25)17-7-5-15(27-17)4-6-16-18(21(22)23)13(3)19-26-16/h4-10,20H,1-3H3/b6-4+. The number of benzene rings is 1. The first-order valence-electron chi connectivity index (χ1n) is 8.15. The molecule has 0 saturated carbocycles. The summed E-state index contributed by atoms with van der Waals surface area (Å²) in [6, 6.07) is 8.56. The van der Waals surface area contributed by atoms with Crippen molar-refractivity contribution in [3.8, 4) is 0 Å². The number of nitrogens with one attached hydrogen (secondary N) is 1. The Kier molecular flexibility index (Phi) is 5.34. The lowest BCUT2D eigenvalue weighted by Gasteiger charge is -2.08. The molecule has 0 atom stereocenters. The van der Waals surface area contributed by atoms with Gasteiger partial charge in [-0.15, -0.1) is 11.3 Å². The number of thiophene rings is 1. The van der Waals surface area contributed by atoms with Crippen LogP contribution in [0.2, 0.25) is 0 Å². The number of hydrogen-bond acceptors (Lipinski definition) is 7. The van der Waals surface area contributed by atoms with Crippen molar-refractivity contribution in [1.82, 2.24) is 5.16 Å². The molecule has 2 aromatic heterocycles. The highest BCUT2D eigenvalue weighted by Crippen LogP contribution is 2.28. The van der Waals surface area contributed by atoms with Crippen LogP contribution in [0.1, 0.15) is 27.5 Å². The number of rotatable bonds is 6. The molecule has 0 amide bonds. The average Bonchev–Trinajstić information content (AvgIpc) is 3.18. The lowest BCUT2D eigenvalue weighted by atomic mass is 10.1. The van der Waals surface area contributed by atoms with Crippen molar-refractivity contribution in [3.05, 3.63) is 67.9 Å². The third-order valence-electron chi connectivity index (χ3n) is 3.78. The van der Waals surface area contributed by atoms with Crippen molar-refractivity contribution in [1.29, 1.82) is 0 Å². The van der Waals surface area contributed by atoms with Gasteiger partial charge in [0.2, 0.25) is 5.76 Å². The SMILES string of the molecule is Cc1cc(C)cc(NS(=O)(=O)c2ccc(/C=C/c3onc(C)c3[N+](=O)[O-])s2)c1. The Balaban J connectivity index is 1.82. The number of aromatic nitrogens is 1. The maximum absolute atomic E-state index is 12.6. The molecule has 0 saturated heterocycles. The van der Waals surface area contributed by atoms with Gasteiger partial charge in [-0.1, -0.05) is 11.2 Å². The largest absolute Gasteiger partial charge is 0.349 e. The average molecular weight is 419 g/mol. The van der Waals surface area contributed by atoms with Gasteiger partial charge in [-0.25, -0.2) is 8.42 Å². The van der Waals surface area contributed by atoms with Crippen LogP contribution in [0.15, 0.2) is 39.1 Å². The summed E-state index contributed by atoms with van der Waals surface area (Å²) in [7, 11) is -3.74. The smallest absolute Gasteiger partial charge is 0.338 e. The summed E-state index contributed by atoms with van der Waals surface area (Å²) in [5.41, 5.74) is 2.37. The Bertz CT molecular complexity index is 1160. The van der Waals surface area contributed by atoms with Gasteiger partial charge in [-0.05, 0) is 68.3 Å². The summed E-state index contributed by atoms with van der Waals surface area (Å²) in [4.78, 5) is 11.1. The summed E-state index contributed by atoms with van der Waals surface area (Å²) < 4.78 is 32.9. The normalized spacial score (nSPS) is 11.8. The Morgan fingerprint density at radius 3 is 2.46 bits per heavy atom. The van der Waals surface area contributed by atoms with Crippen LogP contribution in [0.25, 0.3) is 12.2 Å². The van der Waals surface area contributed by atoms with Crippen LogP contribution in [0.4, 0.5) is 11.4 Å². The summed E-state index contributed by atoms with van der Waals surface area (Å²) in [6.07, 6.45) is 2.95. The molecule has 0 aliphatic heterocycles. The number of hydrogen-bond donors (Lipinski definition) is 1. The number of anilines is 1. The van der Waals surface area contributed by atoms with Crippen molar-refractivity contribution in [2.75, 3.05) is 4.72 Å². The highest BCUT2D eigenvalue weighted by molar-refractivity contribution is 7.94. The molecule has 10 heteroatoms. The minimum absolute atomic E-state index is 0.00803. The molecule has 0 aliphatic rings. The van der Waals surface area contributed by atoms with Crippen molar-refractivity contribution in [2.45, 2.75) is 25.0 Å². The van der Waals surface area contributed by atoms with Crippen molar-refractivity contribution in [2.24, 2.45) is 0 Å². The molecule has 1 aromatic carbocycles. The zero-order valence-corrected chi connectivity index (χ0v) is 16.9. The first-order valence-corrected chi connectivity index (χ1v) is 10.5. The van der Waals surface area contributed by atoms with E-state index in [0.29, 0.717) is 10.6 Å². The zero-order valence-electron chi connectivity index (χ0n) is 15.3. The number of nitrogens with zero attached hydrogens (tertiary/aromatic N) is 2. The molecule has 0 radical (unpaired) electrons. The van der Waals surface area contributed by atoms with E-state index in [4.69, 9.17) is 4.52 Å². The second kappa shape index (κ2) is 7.56. The van der Waals surface area contributed by atoms with Crippen LogP contribution in [0.3, 0.4) is 0 Å². The van der Waals surface area contributed by atoms with Crippen molar-refractivity contribution >= 4 is 44.9 Å². The van der Waals surface area contributed by atoms with Gasteiger partial charge in [0.15, 0.2) is 5.69 Å². The molecular weight excluding hydrogens is 402 g/mol. The Hall–Kier alpha value is -2.98. The molecule has 3 rings (SSSR count). The molecule has 28 heavy (non-hydrogen) atoms. The van der Waals surface area contributed by atoms with E-state index in [-0.39, 0.29) is 21.4 Å². The minimum Gasteiger partial charge on any atom is -0.349 e. The van der Waals surface area contributed by atoms with Crippen LogP contribution in [-0.4, -0.2) is 18.5 Å². The molecule has 2 heterocycles. The molecule has 1 N–H and O–H groups in total. The lowest BCUT2D eigenvalue weighted by Crippen LogP contribution is -2.11. The molecule has 3 aromatic rings. The topological polar surface area (TPSA) is 115 Å². The van der Waals surface area contributed by atoms with Gasteiger partial charge in [0.1, 0.15) is 4.21 Å². The van der Waals surface area contributed by atoms with Crippen LogP contribution in [0.5, 0.6) is 0 Å². The van der Waals surface area contributed by atoms with Gasteiger partial charge < -0.3 is 4.52 Å². The summed E-state index contributed by atoms with van der Waals surface area (Å²) in [5.74, 6) is 0.00803. The highest BCUT2D eigenvalue weighted by Gasteiger charge is 2.22. The molecule has 146 valence electrons. The quantitative estimate of drug-likeness (QED) is 0.463. The van der Waals surface area contributed by atoms with E-state index in [1.807, 2.05) is 19.9 Å². The van der Waals surface area contributed by atoms with Crippen LogP contribution >= 0.6 is 11.3 Å². The first kappa shape index (κ1) is 19.8. The first-order chi connectivity index (χ1) is 13.2. The van der Waals surface area contributed by atoms with Crippen LogP contribution in [0, 0.1) is 30.9 Å². The van der Waals surface area contributed by atoms with E-state index >= 15 is 0 Å². The van der Waals surface area contributed by atoms with E-state index in [0.717, 1.165) is 22.5 Å². The highest BCUT2D eigenvalue weighted by atomic mass is 32.2. The fraction of sp³-hybridized carbons (Fsp3) is 0.167. The predicted octanol–water partition coefficient (Wildman–Crippen LogP) is 4.54. The van der Waals surface area contributed by atoms with Gasteiger partial charge in [0.05, 0.1) is 4.92 Å². The number of sulfonamides is 1. The fourth-order valence-corrected chi connectivity index (χ4v) is 4.95. The van der Waals surface area contributed by atoms with Gasteiger partial charge >= 0.3 is 5.69 Å². The molecule has 0 spiro atoms. The fourth-order valence-electron chi connectivity index (χ4n) is 2.68. The second-order valence-corrected chi connectivity index (χ2v) is 9.23. The van der Waals surface area contributed by atoms with Gasteiger partial charge in [0, 0.05) is 10.6 Å². The molecule has 0 bridgehead atoms. The van der Waals surface area contributed by atoms with E-state index in [2.05, 4.69) is 9.88 Å². The van der Waals surface area contributed by atoms with E-state index in [1.165, 1.54) is 19.1 Å². The van der Waals surface area contributed by atoms with Gasteiger partial charge in [-0.3, -0.25) is 14.8 Å². The van der Waals surface area contributed by atoms with Crippen LogP contribution in [-0.2, 0) is 10.0 Å². The van der Waals surface area contributed by atoms with E-state index in [1.54, 1.807) is 24.3 Å². The summed E-state index contributed by atoms with van der Waals surface area (Å²) in [6.45, 7) is 5.26.